The summed E-state index contributed by atoms with van der Waals surface area (Å²) in [6, 6.07) is 16.3. The first kappa shape index (κ1) is 25.2. The van der Waals surface area contributed by atoms with Gasteiger partial charge in [-0.2, -0.15) is 9.97 Å². The lowest BCUT2D eigenvalue weighted by molar-refractivity contribution is -0.128. The van der Waals surface area contributed by atoms with Crippen LogP contribution in [0.15, 0.2) is 48.5 Å². The molecule has 0 atom stereocenters. The third-order valence-electron chi connectivity index (χ3n) is 5.90. The minimum atomic E-state index is -0.187. The third kappa shape index (κ3) is 7.08. The van der Waals surface area contributed by atoms with Crippen LogP contribution in [0.25, 0.3) is 0 Å². The van der Waals surface area contributed by atoms with Gasteiger partial charge in [0.15, 0.2) is 11.6 Å². The number of Topliss-reactive ketones (excluding diaryl/α,β-unsaturated/α-hetero) is 1. The monoisotopic (exact) mass is 488 g/mol. The third-order valence-corrected chi connectivity index (χ3v) is 5.90. The number of hydrogen-bond acceptors (Lipinski definition) is 8. The Bertz CT molecular complexity index is 1200. The summed E-state index contributed by atoms with van der Waals surface area (Å²) in [5.74, 6) is 2.10. The fraction of sp³-hybridized carbons (Fsp3) is 0.370. The molecular formula is C27H32N6O3. The molecular weight excluding hydrogens is 456 g/mol. The molecule has 1 aliphatic rings. The molecule has 3 aromatic rings. The van der Waals surface area contributed by atoms with E-state index >= 15 is 0 Å². The molecule has 0 aliphatic carbocycles. The van der Waals surface area contributed by atoms with Crippen molar-refractivity contribution in [2.45, 2.75) is 38.9 Å². The van der Waals surface area contributed by atoms with Gasteiger partial charge >= 0.3 is 0 Å². The second-order valence-electron chi connectivity index (χ2n) is 9.21. The number of ketones is 1. The molecule has 1 amide bonds. The number of carbonyl (C=O) groups is 2. The predicted molar refractivity (Wildman–Crippen MR) is 136 cm³/mol. The Kier molecular flexibility index (Phi) is 8.22. The number of anilines is 1. The number of likely N-dealkylation sites (tertiary alicyclic amines) is 1. The Morgan fingerprint density at radius 3 is 2.19 bits per heavy atom. The van der Waals surface area contributed by atoms with E-state index in [1.165, 1.54) is 16.0 Å². The number of benzene rings is 2. The second-order valence-corrected chi connectivity index (χ2v) is 9.21. The van der Waals surface area contributed by atoms with Crippen LogP contribution >= 0.6 is 0 Å². The van der Waals surface area contributed by atoms with Crippen LogP contribution < -0.4 is 10.1 Å². The Morgan fingerprint density at radius 2 is 1.56 bits per heavy atom. The summed E-state index contributed by atoms with van der Waals surface area (Å²) in [4.78, 5) is 41.2. The number of aryl methyl sites for hydroxylation is 2. The van der Waals surface area contributed by atoms with Crippen molar-refractivity contribution in [2.75, 3.05) is 33.1 Å². The Balaban J connectivity index is 1.47. The maximum atomic E-state index is 12.1. The smallest absolute Gasteiger partial charge is 0.230 e. The van der Waals surface area contributed by atoms with Gasteiger partial charge in [-0.05, 0) is 49.3 Å². The standard InChI is InChI=1S/C27H32N6O3/c1-32(2)16-21-6-4-19(5-7-21)10-13-24-29-25(18-33-17-22(34)14-26(33)35)31-27(30-24)28-15-20-8-11-23(36-3)12-9-20/h4-9,11-12H,10,13-18H2,1-3H3,(H,28,29,30,31). The molecule has 0 spiro atoms. The number of rotatable bonds is 11. The summed E-state index contributed by atoms with van der Waals surface area (Å²) < 4.78 is 5.22. The van der Waals surface area contributed by atoms with Crippen LogP contribution in [-0.4, -0.2) is 64.2 Å². The number of aromatic nitrogens is 3. The zero-order chi connectivity index (χ0) is 25.5. The molecule has 1 N–H and O–H groups in total. The van der Waals surface area contributed by atoms with Crippen LogP contribution in [0.1, 0.15) is 34.8 Å². The molecule has 2 aromatic carbocycles. The molecule has 36 heavy (non-hydrogen) atoms. The zero-order valence-corrected chi connectivity index (χ0v) is 21.0. The van der Waals surface area contributed by atoms with Crippen molar-refractivity contribution in [1.29, 1.82) is 0 Å². The molecule has 188 valence electrons. The van der Waals surface area contributed by atoms with E-state index in [0.29, 0.717) is 30.6 Å². The van der Waals surface area contributed by atoms with Gasteiger partial charge in [0.2, 0.25) is 11.9 Å². The molecule has 9 heteroatoms. The average molecular weight is 489 g/mol. The van der Waals surface area contributed by atoms with Gasteiger partial charge in [0.05, 0.1) is 26.6 Å². The van der Waals surface area contributed by atoms with E-state index in [1.807, 2.05) is 24.3 Å². The minimum Gasteiger partial charge on any atom is -0.497 e. The number of carbonyl (C=O) groups excluding carboxylic acids is 2. The largest absolute Gasteiger partial charge is 0.497 e. The molecule has 0 radical (unpaired) electrons. The van der Waals surface area contributed by atoms with E-state index in [-0.39, 0.29) is 31.2 Å². The highest BCUT2D eigenvalue weighted by Crippen LogP contribution is 2.15. The summed E-state index contributed by atoms with van der Waals surface area (Å²) in [7, 11) is 5.74. The van der Waals surface area contributed by atoms with Crippen LogP contribution in [0.4, 0.5) is 5.95 Å². The average Bonchev–Trinajstić information content (AvgIpc) is 3.18. The Hall–Kier alpha value is -3.85. The van der Waals surface area contributed by atoms with Gasteiger partial charge in [0.25, 0.3) is 0 Å². The maximum absolute atomic E-state index is 12.1. The van der Waals surface area contributed by atoms with Crippen LogP contribution in [0.2, 0.25) is 0 Å². The van der Waals surface area contributed by atoms with Crippen molar-refractivity contribution in [2.24, 2.45) is 0 Å². The number of ether oxygens (including phenoxy) is 1. The van der Waals surface area contributed by atoms with Crippen LogP contribution in [0, 0.1) is 0 Å². The van der Waals surface area contributed by atoms with E-state index in [0.717, 1.165) is 24.3 Å². The summed E-state index contributed by atoms with van der Waals surface area (Å²) in [5.41, 5.74) is 3.52. The van der Waals surface area contributed by atoms with Gasteiger partial charge in [-0.3, -0.25) is 9.59 Å². The van der Waals surface area contributed by atoms with Gasteiger partial charge in [-0.1, -0.05) is 36.4 Å². The normalized spacial score (nSPS) is 13.5. The number of amides is 1. The van der Waals surface area contributed by atoms with E-state index in [1.54, 1.807) is 7.11 Å². The molecule has 1 saturated heterocycles. The van der Waals surface area contributed by atoms with Gasteiger partial charge in [0, 0.05) is 19.5 Å². The first-order valence-corrected chi connectivity index (χ1v) is 12.0. The van der Waals surface area contributed by atoms with Gasteiger partial charge in [-0.15, -0.1) is 0 Å². The molecule has 4 rings (SSSR count). The second kappa shape index (κ2) is 11.7. The fourth-order valence-corrected chi connectivity index (χ4v) is 4.04. The number of nitrogens with zero attached hydrogens (tertiary/aromatic N) is 5. The van der Waals surface area contributed by atoms with Crippen LogP contribution in [0.3, 0.4) is 0 Å². The molecule has 9 nitrogen and oxygen atoms in total. The molecule has 1 aromatic heterocycles. The fourth-order valence-electron chi connectivity index (χ4n) is 4.04. The summed E-state index contributed by atoms with van der Waals surface area (Å²) in [6.07, 6.45) is 1.36. The summed E-state index contributed by atoms with van der Waals surface area (Å²) in [6.45, 7) is 1.73. The molecule has 0 saturated carbocycles. The van der Waals surface area contributed by atoms with E-state index in [2.05, 4.69) is 63.5 Å². The molecule has 0 unspecified atom stereocenters. The summed E-state index contributed by atoms with van der Waals surface area (Å²) >= 11 is 0. The number of nitrogens with one attached hydrogen (secondary N) is 1. The highest BCUT2D eigenvalue weighted by atomic mass is 16.5. The van der Waals surface area contributed by atoms with Crippen molar-refractivity contribution < 1.29 is 14.3 Å². The SMILES string of the molecule is COc1ccc(CNc2nc(CCc3ccc(CN(C)C)cc3)nc(CN3CC(=O)CC3=O)n2)cc1. The predicted octanol–water partition coefficient (Wildman–Crippen LogP) is 2.64. The van der Waals surface area contributed by atoms with Crippen LogP contribution in [-0.2, 0) is 42.1 Å². The molecule has 1 aliphatic heterocycles. The van der Waals surface area contributed by atoms with Gasteiger partial charge in [-0.25, -0.2) is 4.98 Å². The molecule has 2 heterocycles. The minimum absolute atomic E-state index is 0.0513. The van der Waals surface area contributed by atoms with E-state index < -0.39 is 0 Å². The zero-order valence-electron chi connectivity index (χ0n) is 21.0. The Labute approximate surface area is 211 Å². The quantitative estimate of drug-likeness (QED) is 0.411. The maximum Gasteiger partial charge on any atom is 0.230 e. The lowest BCUT2D eigenvalue weighted by atomic mass is 10.1. The van der Waals surface area contributed by atoms with Crippen molar-refractivity contribution >= 4 is 17.6 Å². The topological polar surface area (TPSA) is 101 Å². The van der Waals surface area contributed by atoms with Gasteiger partial charge < -0.3 is 19.9 Å². The first-order chi connectivity index (χ1) is 17.4. The molecule has 1 fully saturated rings. The van der Waals surface area contributed by atoms with Crippen molar-refractivity contribution in [1.82, 2.24) is 24.8 Å². The van der Waals surface area contributed by atoms with Gasteiger partial charge in [0.1, 0.15) is 11.6 Å². The van der Waals surface area contributed by atoms with E-state index in [4.69, 9.17) is 4.74 Å². The molecule has 0 bridgehead atoms. The Morgan fingerprint density at radius 1 is 0.889 bits per heavy atom. The lowest BCUT2D eigenvalue weighted by Crippen LogP contribution is -2.26. The summed E-state index contributed by atoms with van der Waals surface area (Å²) in [5, 5.41) is 3.27. The van der Waals surface area contributed by atoms with E-state index in [9.17, 15) is 9.59 Å². The highest BCUT2D eigenvalue weighted by molar-refractivity contribution is 6.05. The highest BCUT2D eigenvalue weighted by Gasteiger charge is 2.28. The van der Waals surface area contributed by atoms with Crippen molar-refractivity contribution in [3.8, 4) is 5.75 Å². The lowest BCUT2D eigenvalue weighted by Gasteiger charge is -2.15. The van der Waals surface area contributed by atoms with Crippen LogP contribution in [0.5, 0.6) is 5.75 Å². The van der Waals surface area contributed by atoms with Crippen molar-refractivity contribution in [3.63, 3.8) is 0 Å². The number of methoxy groups -OCH3 is 1. The van der Waals surface area contributed by atoms with Crippen molar-refractivity contribution in [3.05, 3.63) is 76.9 Å². The first-order valence-electron chi connectivity index (χ1n) is 12.0. The number of hydrogen-bond donors (Lipinski definition) is 1.